The Morgan fingerprint density at radius 1 is 1.05 bits per heavy atom. The maximum absolute atomic E-state index is 12.1. The molecular weight excluding hydrogens is 272 g/mol. The van der Waals surface area contributed by atoms with Crippen LogP contribution in [0.2, 0.25) is 0 Å². The number of carbonyl (C=O) groups is 2. The molecule has 5 nitrogen and oxygen atoms in total. The van der Waals surface area contributed by atoms with E-state index in [0.29, 0.717) is 5.56 Å². The highest BCUT2D eigenvalue weighted by atomic mass is 16.7. The summed E-state index contributed by atoms with van der Waals surface area (Å²) in [6.07, 6.45) is 1.38. The van der Waals surface area contributed by atoms with Gasteiger partial charge in [-0.3, -0.25) is 0 Å². The Bertz CT molecular complexity index is 585. The number of hydrogen-bond acceptors (Lipinski definition) is 5. The van der Waals surface area contributed by atoms with E-state index >= 15 is 0 Å². The van der Waals surface area contributed by atoms with Gasteiger partial charge in [0.25, 0.3) is 5.79 Å². The van der Waals surface area contributed by atoms with Crippen molar-refractivity contribution < 1.29 is 24.2 Å². The molecule has 1 aromatic carbocycles. The second-order valence-corrected chi connectivity index (χ2v) is 6.12. The molecular formula is C16H18O5. The topological polar surface area (TPSA) is 72.8 Å². The first-order valence-corrected chi connectivity index (χ1v) is 6.60. The molecule has 0 aromatic heterocycles. The molecule has 0 aliphatic carbocycles. The SMILES string of the molecule is CC(C)(C)C1(C)OC(=O)C(=Cc2ccc(O)cc2)C(=O)O1. The molecule has 0 bridgehead atoms. The van der Waals surface area contributed by atoms with Gasteiger partial charge >= 0.3 is 11.9 Å². The van der Waals surface area contributed by atoms with E-state index in [4.69, 9.17) is 9.47 Å². The summed E-state index contributed by atoms with van der Waals surface area (Å²) in [4.78, 5) is 24.2. The maximum atomic E-state index is 12.1. The summed E-state index contributed by atoms with van der Waals surface area (Å²) in [5.41, 5.74) is -0.110. The van der Waals surface area contributed by atoms with E-state index in [1.54, 1.807) is 19.1 Å². The van der Waals surface area contributed by atoms with Crippen molar-refractivity contribution in [3.8, 4) is 5.75 Å². The molecule has 2 rings (SSSR count). The monoisotopic (exact) mass is 290 g/mol. The number of phenols is 1. The van der Waals surface area contributed by atoms with Crippen LogP contribution in [0.15, 0.2) is 29.8 Å². The first-order chi connectivity index (χ1) is 9.62. The quantitative estimate of drug-likeness (QED) is 0.489. The number of ether oxygens (including phenoxy) is 2. The number of phenolic OH excluding ortho intramolecular Hbond substituents is 1. The van der Waals surface area contributed by atoms with Gasteiger partial charge in [0, 0.05) is 12.3 Å². The predicted octanol–water partition coefficient (Wildman–Crippen LogP) is 2.64. The molecule has 1 saturated heterocycles. The zero-order chi connectivity index (χ0) is 15.8. The van der Waals surface area contributed by atoms with Gasteiger partial charge in [-0.1, -0.05) is 32.9 Å². The molecule has 0 amide bonds. The molecule has 0 saturated carbocycles. The third-order valence-electron chi connectivity index (χ3n) is 3.58. The average Bonchev–Trinajstić information content (AvgIpc) is 2.34. The molecule has 0 spiro atoms. The maximum Gasteiger partial charge on any atom is 0.348 e. The summed E-state index contributed by atoms with van der Waals surface area (Å²) >= 11 is 0. The van der Waals surface area contributed by atoms with Crippen LogP contribution in [0, 0.1) is 5.41 Å². The minimum Gasteiger partial charge on any atom is -0.508 e. The lowest BCUT2D eigenvalue weighted by atomic mass is 9.85. The lowest BCUT2D eigenvalue weighted by Gasteiger charge is -2.42. The van der Waals surface area contributed by atoms with Gasteiger partial charge in [0.15, 0.2) is 0 Å². The minimum absolute atomic E-state index is 0.103. The Hall–Kier alpha value is -2.30. The zero-order valence-corrected chi connectivity index (χ0v) is 12.5. The van der Waals surface area contributed by atoms with Gasteiger partial charge in [0.2, 0.25) is 0 Å². The number of esters is 2. The van der Waals surface area contributed by atoms with E-state index in [-0.39, 0.29) is 11.3 Å². The van der Waals surface area contributed by atoms with Crippen LogP contribution in [-0.4, -0.2) is 22.8 Å². The Morgan fingerprint density at radius 3 is 1.95 bits per heavy atom. The zero-order valence-electron chi connectivity index (χ0n) is 12.5. The van der Waals surface area contributed by atoms with Crippen LogP contribution < -0.4 is 0 Å². The standard InChI is InChI=1S/C16H18O5/c1-15(2,3)16(4)20-13(18)12(14(19)21-16)9-10-5-7-11(17)8-6-10/h5-9,17H,1-4H3. The molecule has 1 aliphatic heterocycles. The Morgan fingerprint density at radius 2 is 1.52 bits per heavy atom. The third kappa shape index (κ3) is 2.91. The Kier molecular flexibility index (Phi) is 3.53. The molecule has 1 aromatic rings. The highest BCUT2D eigenvalue weighted by molar-refractivity contribution is 6.18. The van der Waals surface area contributed by atoms with Crippen LogP contribution in [0.4, 0.5) is 0 Å². The molecule has 0 radical (unpaired) electrons. The van der Waals surface area contributed by atoms with Crippen LogP contribution in [0.1, 0.15) is 33.3 Å². The summed E-state index contributed by atoms with van der Waals surface area (Å²) < 4.78 is 10.6. The summed E-state index contributed by atoms with van der Waals surface area (Å²) in [6, 6.07) is 6.09. The van der Waals surface area contributed by atoms with Crippen LogP contribution in [-0.2, 0) is 19.1 Å². The first-order valence-electron chi connectivity index (χ1n) is 6.60. The predicted molar refractivity (Wildman–Crippen MR) is 76.1 cm³/mol. The summed E-state index contributed by atoms with van der Waals surface area (Å²) in [7, 11) is 0. The van der Waals surface area contributed by atoms with Crippen molar-refractivity contribution in [2.75, 3.05) is 0 Å². The van der Waals surface area contributed by atoms with Crippen molar-refractivity contribution in [3.63, 3.8) is 0 Å². The van der Waals surface area contributed by atoms with Crippen molar-refractivity contribution in [1.29, 1.82) is 0 Å². The van der Waals surface area contributed by atoms with Crippen LogP contribution in [0.3, 0.4) is 0 Å². The van der Waals surface area contributed by atoms with E-state index in [2.05, 4.69) is 0 Å². The van der Waals surface area contributed by atoms with Gasteiger partial charge in [-0.15, -0.1) is 0 Å². The first kappa shape index (κ1) is 15.1. The van der Waals surface area contributed by atoms with E-state index in [1.807, 2.05) is 20.8 Å². The molecule has 5 heteroatoms. The lowest BCUT2D eigenvalue weighted by Crippen LogP contribution is -2.52. The number of aromatic hydroxyl groups is 1. The smallest absolute Gasteiger partial charge is 0.348 e. The van der Waals surface area contributed by atoms with E-state index in [1.165, 1.54) is 18.2 Å². The Balaban J connectivity index is 2.31. The fourth-order valence-corrected chi connectivity index (χ4v) is 1.73. The minimum atomic E-state index is -1.30. The van der Waals surface area contributed by atoms with Gasteiger partial charge in [-0.2, -0.15) is 0 Å². The number of cyclic esters (lactones) is 2. The highest BCUT2D eigenvalue weighted by Crippen LogP contribution is 2.38. The average molecular weight is 290 g/mol. The van der Waals surface area contributed by atoms with Crippen molar-refractivity contribution in [2.24, 2.45) is 5.41 Å². The van der Waals surface area contributed by atoms with Crippen molar-refractivity contribution in [2.45, 2.75) is 33.5 Å². The van der Waals surface area contributed by atoms with Crippen molar-refractivity contribution >= 4 is 18.0 Å². The molecule has 1 fully saturated rings. The van der Waals surface area contributed by atoms with Gasteiger partial charge < -0.3 is 14.6 Å². The van der Waals surface area contributed by atoms with Gasteiger partial charge in [-0.25, -0.2) is 9.59 Å². The van der Waals surface area contributed by atoms with Gasteiger partial charge in [0.05, 0.1) is 0 Å². The van der Waals surface area contributed by atoms with Crippen LogP contribution >= 0.6 is 0 Å². The van der Waals surface area contributed by atoms with Crippen molar-refractivity contribution in [1.82, 2.24) is 0 Å². The van der Waals surface area contributed by atoms with E-state index in [9.17, 15) is 14.7 Å². The summed E-state index contributed by atoms with van der Waals surface area (Å²) in [6.45, 7) is 7.03. The van der Waals surface area contributed by atoms with Gasteiger partial charge in [-0.05, 0) is 23.8 Å². The molecule has 1 aliphatic rings. The fraction of sp³-hybridized carbons (Fsp3) is 0.375. The fourth-order valence-electron chi connectivity index (χ4n) is 1.73. The number of carbonyl (C=O) groups excluding carboxylic acids is 2. The molecule has 0 atom stereocenters. The van der Waals surface area contributed by atoms with Crippen LogP contribution in [0.25, 0.3) is 6.08 Å². The van der Waals surface area contributed by atoms with Crippen molar-refractivity contribution in [3.05, 3.63) is 35.4 Å². The molecule has 1 N–H and O–H groups in total. The lowest BCUT2D eigenvalue weighted by molar-refractivity contribution is -0.261. The number of rotatable bonds is 1. The molecule has 21 heavy (non-hydrogen) atoms. The molecule has 1 heterocycles. The number of benzene rings is 1. The second-order valence-electron chi connectivity index (χ2n) is 6.12. The highest BCUT2D eigenvalue weighted by Gasteiger charge is 2.50. The summed E-state index contributed by atoms with van der Waals surface area (Å²) in [5.74, 6) is -2.62. The van der Waals surface area contributed by atoms with Crippen LogP contribution in [0.5, 0.6) is 5.75 Å². The van der Waals surface area contributed by atoms with E-state index in [0.717, 1.165) is 0 Å². The molecule has 0 unspecified atom stereocenters. The largest absolute Gasteiger partial charge is 0.508 e. The molecule has 112 valence electrons. The Labute approximate surface area is 123 Å². The number of hydrogen-bond donors (Lipinski definition) is 1. The normalized spacial score (nSPS) is 22.6. The second kappa shape index (κ2) is 4.91. The van der Waals surface area contributed by atoms with Gasteiger partial charge in [0.1, 0.15) is 11.3 Å². The summed E-state index contributed by atoms with van der Waals surface area (Å²) in [5, 5.41) is 9.22. The third-order valence-corrected chi connectivity index (χ3v) is 3.58. The van der Waals surface area contributed by atoms with E-state index < -0.39 is 23.1 Å².